The van der Waals surface area contributed by atoms with Gasteiger partial charge in [0.1, 0.15) is 0 Å². The van der Waals surface area contributed by atoms with Gasteiger partial charge in [-0.1, -0.05) is 19.1 Å². The Morgan fingerprint density at radius 1 is 1.33 bits per heavy atom. The normalized spacial score (nSPS) is 10.2. The largest absolute Gasteiger partial charge is 0.317 e. The summed E-state index contributed by atoms with van der Waals surface area (Å²) < 4.78 is 0. The fourth-order valence-electron chi connectivity index (χ4n) is 1.38. The molecule has 0 bridgehead atoms. The zero-order chi connectivity index (χ0) is 11.1. The van der Waals surface area contributed by atoms with Crippen molar-refractivity contribution in [3.8, 4) is 0 Å². The smallest absolute Gasteiger partial charge is 0.269 e. The number of nitro groups is 1. The van der Waals surface area contributed by atoms with E-state index in [1.807, 2.05) is 12.1 Å². The fourth-order valence-corrected chi connectivity index (χ4v) is 1.38. The summed E-state index contributed by atoms with van der Waals surface area (Å²) in [5, 5.41) is 13.6. The van der Waals surface area contributed by atoms with Crippen LogP contribution < -0.4 is 5.32 Å². The van der Waals surface area contributed by atoms with Crippen molar-refractivity contribution in [3.63, 3.8) is 0 Å². The Morgan fingerprint density at radius 3 is 2.53 bits per heavy atom. The van der Waals surface area contributed by atoms with E-state index in [0.29, 0.717) is 0 Å². The average molecular weight is 208 g/mol. The van der Waals surface area contributed by atoms with Crippen LogP contribution in [0.25, 0.3) is 0 Å². The second-order valence-electron chi connectivity index (χ2n) is 3.38. The number of hydrogen-bond acceptors (Lipinski definition) is 3. The Bertz CT molecular complexity index is 309. The van der Waals surface area contributed by atoms with Gasteiger partial charge in [0.15, 0.2) is 0 Å². The van der Waals surface area contributed by atoms with Gasteiger partial charge in [-0.05, 0) is 31.5 Å². The van der Waals surface area contributed by atoms with Crippen LogP contribution in [0.5, 0.6) is 0 Å². The highest BCUT2D eigenvalue weighted by atomic mass is 16.6. The summed E-state index contributed by atoms with van der Waals surface area (Å²) in [5.74, 6) is 0. The highest BCUT2D eigenvalue weighted by Crippen LogP contribution is 2.12. The summed E-state index contributed by atoms with van der Waals surface area (Å²) in [4.78, 5) is 10.0. The van der Waals surface area contributed by atoms with Gasteiger partial charge in [-0.2, -0.15) is 0 Å². The molecule has 0 amide bonds. The Balaban J connectivity index is 2.39. The molecule has 1 aromatic carbocycles. The predicted molar refractivity (Wildman–Crippen MR) is 60.0 cm³/mol. The van der Waals surface area contributed by atoms with Crippen LogP contribution in [0.3, 0.4) is 0 Å². The first-order valence-corrected chi connectivity index (χ1v) is 5.18. The second-order valence-corrected chi connectivity index (χ2v) is 3.38. The first-order valence-electron chi connectivity index (χ1n) is 5.18. The summed E-state index contributed by atoms with van der Waals surface area (Å²) in [6.45, 7) is 4.06. The maximum absolute atomic E-state index is 10.4. The molecule has 0 heterocycles. The van der Waals surface area contributed by atoms with Crippen LogP contribution in [0, 0.1) is 10.1 Å². The van der Waals surface area contributed by atoms with Crippen molar-refractivity contribution in [2.24, 2.45) is 0 Å². The Hall–Kier alpha value is -1.42. The molecule has 82 valence electrons. The highest BCUT2D eigenvalue weighted by Gasteiger charge is 2.03. The zero-order valence-electron chi connectivity index (χ0n) is 8.90. The van der Waals surface area contributed by atoms with E-state index < -0.39 is 0 Å². The van der Waals surface area contributed by atoms with Gasteiger partial charge in [0, 0.05) is 12.1 Å². The lowest BCUT2D eigenvalue weighted by atomic mass is 10.1. The van der Waals surface area contributed by atoms with Crippen molar-refractivity contribution >= 4 is 5.69 Å². The summed E-state index contributed by atoms with van der Waals surface area (Å²) >= 11 is 0. The standard InChI is InChI=1S/C11H16N2O2/c1-2-12-9-3-4-10-5-7-11(8-6-10)13(14)15/h5-8,12H,2-4,9H2,1H3. The van der Waals surface area contributed by atoms with Gasteiger partial charge in [0.2, 0.25) is 0 Å². The molecule has 0 saturated carbocycles. The molecule has 4 nitrogen and oxygen atoms in total. The van der Waals surface area contributed by atoms with Crippen molar-refractivity contribution in [1.29, 1.82) is 0 Å². The van der Waals surface area contributed by atoms with Crippen molar-refractivity contribution in [3.05, 3.63) is 39.9 Å². The number of rotatable bonds is 6. The first-order chi connectivity index (χ1) is 7.24. The highest BCUT2D eigenvalue weighted by molar-refractivity contribution is 5.32. The van der Waals surface area contributed by atoms with E-state index in [-0.39, 0.29) is 10.6 Å². The summed E-state index contributed by atoms with van der Waals surface area (Å²) in [7, 11) is 0. The van der Waals surface area contributed by atoms with Crippen molar-refractivity contribution in [2.45, 2.75) is 19.8 Å². The molecule has 1 aromatic rings. The van der Waals surface area contributed by atoms with Crippen LogP contribution >= 0.6 is 0 Å². The van der Waals surface area contributed by atoms with Crippen molar-refractivity contribution < 1.29 is 4.92 Å². The number of benzene rings is 1. The van der Waals surface area contributed by atoms with Gasteiger partial charge in [-0.3, -0.25) is 10.1 Å². The van der Waals surface area contributed by atoms with Crippen LogP contribution in [0.1, 0.15) is 18.9 Å². The monoisotopic (exact) mass is 208 g/mol. The molecular weight excluding hydrogens is 192 g/mol. The predicted octanol–water partition coefficient (Wildman–Crippen LogP) is 2.14. The topological polar surface area (TPSA) is 55.2 Å². The zero-order valence-corrected chi connectivity index (χ0v) is 8.90. The second kappa shape index (κ2) is 6.14. The SMILES string of the molecule is CCNCCCc1ccc([N+](=O)[O-])cc1. The van der Waals surface area contributed by atoms with Gasteiger partial charge in [-0.25, -0.2) is 0 Å². The van der Waals surface area contributed by atoms with E-state index in [1.54, 1.807) is 12.1 Å². The minimum atomic E-state index is -0.373. The summed E-state index contributed by atoms with van der Waals surface area (Å²) in [5.41, 5.74) is 1.31. The number of nitrogens with zero attached hydrogens (tertiary/aromatic N) is 1. The van der Waals surface area contributed by atoms with Crippen LogP contribution in [0.15, 0.2) is 24.3 Å². The molecule has 0 fully saturated rings. The maximum atomic E-state index is 10.4. The van der Waals surface area contributed by atoms with Crippen molar-refractivity contribution in [2.75, 3.05) is 13.1 Å². The minimum absolute atomic E-state index is 0.158. The number of non-ortho nitro benzene ring substituents is 1. The van der Waals surface area contributed by atoms with E-state index in [4.69, 9.17) is 0 Å². The van der Waals surface area contributed by atoms with Gasteiger partial charge in [0.05, 0.1) is 4.92 Å². The van der Waals surface area contributed by atoms with Gasteiger partial charge >= 0.3 is 0 Å². The van der Waals surface area contributed by atoms with Crippen molar-refractivity contribution in [1.82, 2.24) is 5.32 Å². The van der Waals surface area contributed by atoms with Gasteiger partial charge < -0.3 is 5.32 Å². The van der Waals surface area contributed by atoms with Gasteiger partial charge in [-0.15, -0.1) is 0 Å². The molecule has 1 rings (SSSR count). The lowest BCUT2D eigenvalue weighted by molar-refractivity contribution is -0.384. The van der Waals surface area contributed by atoms with E-state index in [1.165, 1.54) is 0 Å². The van der Waals surface area contributed by atoms with E-state index >= 15 is 0 Å². The van der Waals surface area contributed by atoms with E-state index in [0.717, 1.165) is 31.5 Å². The third kappa shape index (κ3) is 4.08. The molecule has 0 saturated heterocycles. The van der Waals surface area contributed by atoms with Crippen LogP contribution in [0.4, 0.5) is 5.69 Å². The molecule has 0 aliphatic rings. The molecule has 0 atom stereocenters. The maximum Gasteiger partial charge on any atom is 0.269 e. The Kier molecular flexibility index (Phi) is 4.77. The molecule has 0 unspecified atom stereocenters. The molecule has 1 N–H and O–H groups in total. The van der Waals surface area contributed by atoms with E-state index in [2.05, 4.69) is 12.2 Å². The van der Waals surface area contributed by atoms with Gasteiger partial charge in [0.25, 0.3) is 5.69 Å². The average Bonchev–Trinajstić information content (AvgIpc) is 2.25. The molecule has 0 spiro atoms. The number of aryl methyl sites for hydroxylation is 1. The third-order valence-corrected chi connectivity index (χ3v) is 2.22. The molecule has 0 aromatic heterocycles. The molecular formula is C11H16N2O2. The molecule has 0 aliphatic carbocycles. The quantitative estimate of drug-likeness (QED) is 0.442. The van der Waals surface area contributed by atoms with Crippen LogP contribution in [0.2, 0.25) is 0 Å². The number of nitrogens with one attached hydrogen (secondary N) is 1. The van der Waals surface area contributed by atoms with Crippen LogP contribution in [-0.4, -0.2) is 18.0 Å². The lowest BCUT2D eigenvalue weighted by Crippen LogP contribution is -2.14. The third-order valence-electron chi connectivity index (χ3n) is 2.22. The van der Waals surface area contributed by atoms with E-state index in [9.17, 15) is 10.1 Å². The minimum Gasteiger partial charge on any atom is -0.317 e. The number of hydrogen-bond donors (Lipinski definition) is 1. The Morgan fingerprint density at radius 2 is 2.00 bits per heavy atom. The molecule has 4 heteroatoms. The molecule has 0 radical (unpaired) electrons. The lowest BCUT2D eigenvalue weighted by Gasteiger charge is -2.01. The van der Waals surface area contributed by atoms with Crippen LogP contribution in [-0.2, 0) is 6.42 Å². The fraction of sp³-hybridized carbons (Fsp3) is 0.455. The summed E-state index contributed by atoms with van der Waals surface area (Å²) in [6, 6.07) is 6.76. The Labute approximate surface area is 89.5 Å². The summed E-state index contributed by atoms with van der Waals surface area (Å²) in [6.07, 6.45) is 2.02. The number of nitro benzene ring substituents is 1. The molecule has 15 heavy (non-hydrogen) atoms. The molecule has 0 aliphatic heterocycles. The first kappa shape index (κ1) is 11.7.